The molecule has 0 N–H and O–H groups in total. The van der Waals surface area contributed by atoms with E-state index in [1.165, 1.54) is 19.2 Å². The molecule has 0 aliphatic rings. The summed E-state index contributed by atoms with van der Waals surface area (Å²) in [6, 6.07) is 4.78. The predicted octanol–water partition coefficient (Wildman–Crippen LogP) is 3.12. The van der Waals surface area contributed by atoms with Crippen LogP contribution in [0.15, 0.2) is 24.3 Å². The van der Waals surface area contributed by atoms with Gasteiger partial charge in [0.2, 0.25) is 0 Å². The molecule has 90 valence electrons. The lowest BCUT2D eigenvalue weighted by Gasteiger charge is -2.13. The van der Waals surface area contributed by atoms with Gasteiger partial charge in [0.1, 0.15) is 12.4 Å². The van der Waals surface area contributed by atoms with E-state index < -0.39 is 11.7 Å². The molecule has 0 heterocycles. The largest absolute Gasteiger partial charge is 0.491 e. The van der Waals surface area contributed by atoms with Gasteiger partial charge in [-0.15, -0.1) is 0 Å². The van der Waals surface area contributed by atoms with E-state index >= 15 is 0 Å². The third-order valence-corrected chi connectivity index (χ3v) is 2.05. The molecule has 0 aliphatic heterocycles. The molecule has 0 saturated heterocycles. The zero-order valence-corrected chi connectivity index (χ0v) is 9.04. The van der Waals surface area contributed by atoms with Crippen LogP contribution < -0.4 is 4.74 Å². The SMILES string of the molecule is COC(C)COc1cccc(C(F)(F)F)c1. The highest BCUT2D eigenvalue weighted by molar-refractivity contribution is 5.30. The van der Waals surface area contributed by atoms with Gasteiger partial charge in [-0.05, 0) is 25.1 Å². The summed E-state index contributed by atoms with van der Waals surface area (Å²) in [7, 11) is 1.51. The molecule has 0 fully saturated rings. The zero-order chi connectivity index (χ0) is 12.2. The smallest absolute Gasteiger partial charge is 0.416 e. The van der Waals surface area contributed by atoms with Crippen LogP contribution in [0, 0.1) is 0 Å². The van der Waals surface area contributed by atoms with E-state index in [4.69, 9.17) is 9.47 Å². The number of rotatable bonds is 4. The van der Waals surface area contributed by atoms with Gasteiger partial charge in [-0.25, -0.2) is 0 Å². The fourth-order valence-corrected chi connectivity index (χ4v) is 1.04. The highest BCUT2D eigenvalue weighted by atomic mass is 19.4. The Labute approximate surface area is 92.0 Å². The second kappa shape index (κ2) is 5.21. The highest BCUT2D eigenvalue weighted by Crippen LogP contribution is 2.31. The summed E-state index contributed by atoms with van der Waals surface area (Å²) < 4.78 is 47.1. The van der Waals surface area contributed by atoms with Crippen molar-refractivity contribution in [1.82, 2.24) is 0 Å². The minimum absolute atomic E-state index is 0.158. The Hall–Kier alpha value is -1.23. The van der Waals surface area contributed by atoms with E-state index in [2.05, 4.69) is 0 Å². The summed E-state index contributed by atoms with van der Waals surface area (Å²) in [5.74, 6) is 0.193. The molecule has 1 atom stereocenters. The van der Waals surface area contributed by atoms with Crippen molar-refractivity contribution in [3.63, 3.8) is 0 Å². The van der Waals surface area contributed by atoms with Gasteiger partial charge in [0.15, 0.2) is 0 Å². The van der Waals surface area contributed by atoms with Crippen LogP contribution in [0.5, 0.6) is 5.75 Å². The lowest BCUT2D eigenvalue weighted by atomic mass is 10.2. The first-order chi connectivity index (χ1) is 7.43. The second-order valence-corrected chi connectivity index (χ2v) is 3.38. The normalized spacial score (nSPS) is 13.6. The minimum atomic E-state index is -4.34. The van der Waals surface area contributed by atoms with Crippen LogP contribution in [0.2, 0.25) is 0 Å². The number of hydrogen-bond donors (Lipinski definition) is 0. The monoisotopic (exact) mass is 234 g/mol. The lowest BCUT2D eigenvalue weighted by Crippen LogP contribution is -2.16. The number of benzene rings is 1. The van der Waals surface area contributed by atoms with Gasteiger partial charge >= 0.3 is 6.18 Å². The van der Waals surface area contributed by atoms with E-state index in [0.29, 0.717) is 0 Å². The number of alkyl halides is 3. The number of halogens is 3. The van der Waals surface area contributed by atoms with Gasteiger partial charge in [-0.2, -0.15) is 13.2 Å². The molecule has 16 heavy (non-hydrogen) atoms. The number of ether oxygens (including phenoxy) is 2. The van der Waals surface area contributed by atoms with Gasteiger partial charge in [-0.1, -0.05) is 6.07 Å². The molecule has 2 nitrogen and oxygen atoms in total. The predicted molar refractivity (Wildman–Crippen MR) is 53.4 cm³/mol. The van der Waals surface area contributed by atoms with Crippen molar-refractivity contribution < 1.29 is 22.6 Å². The standard InChI is InChI=1S/C11H13F3O2/c1-8(15-2)7-16-10-5-3-4-9(6-10)11(12,13)14/h3-6,8H,7H2,1-2H3. The van der Waals surface area contributed by atoms with Crippen LogP contribution in [0.1, 0.15) is 12.5 Å². The Morgan fingerprint density at radius 1 is 1.31 bits per heavy atom. The molecule has 5 heteroatoms. The Morgan fingerprint density at radius 2 is 2.00 bits per heavy atom. The zero-order valence-electron chi connectivity index (χ0n) is 9.04. The van der Waals surface area contributed by atoms with E-state index in [1.54, 1.807) is 6.92 Å². The maximum atomic E-state index is 12.4. The van der Waals surface area contributed by atoms with Crippen molar-refractivity contribution in [3.8, 4) is 5.75 Å². The van der Waals surface area contributed by atoms with Crippen molar-refractivity contribution >= 4 is 0 Å². The highest BCUT2D eigenvalue weighted by Gasteiger charge is 2.30. The molecular formula is C11H13F3O2. The van der Waals surface area contributed by atoms with E-state index in [9.17, 15) is 13.2 Å². The first-order valence-electron chi connectivity index (χ1n) is 4.76. The van der Waals surface area contributed by atoms with Crippen LogP contribution in [0.3, 0.4) is 0 Å². The Kier molecular flexibility index (Phi) is 4.18. The molecule has 1 aromatic rings. The summed E-state index contributed by atoms with van der Waals surface area (Å²) in [5.41, 5.74) is -0.713. The molecule has 0 spiro atoms. The van der Waals surface area contributed by atoms with Crippen LogP contribution in [-0.2, 0) is 10.9 Å². The molecule has 0 aliphatic carbocycles. The van der Waals surface area contributed by atoms with E-state index in [0.717, 1.165) is 12.1 Å². The topological polar surface area (TPSA) is 18.5 Å². The first kappa shape index (κ1) is 12.8. The molecule has 1 rings (SSSR count). The molecule has 0 radical (unpaired) electrons. The van der Waals surface area contributed by atoms with Crippen molar-refractivity contribution in [2.24, 2.45) is 0 Å². The van der Waals surface area contributed by atoms with Crippen LogP contribution in [0.25, 0.3) is 0 Å². The number of methoxy groups -OCH3 is 1. The summed E-state index contributed by atoms with van der Waals surface area (Å²) >= 11 is 0. The van der Waals surface area contributed by atoms with Crippen molar-refractivity contribution in [2.75, 3.05) is 13.7 Å². The fraction of sp³-hybridized carbons (Fsp3) is 0.455. The molecule has 1 aromatic carbocycles. The average molecular weight is 234 g/mol. The van der Waals surface area contributed by atoms with E-state index in [-0.39, 0.29) is 18.5 Å². The van der Waals surface area contributed by atoms with Crippen LogP contribution >= 0.6 is 0 Å². The summed E-state index contributed by atoms with van der Waals surface area (Å²) in [4.78, 5) is 0. The fourth-order valence-electron chi connectivity index (χ4n) is 1.04. The van der Waals surface area contributed by atoms with E-state index in [1.807, 2.05) is 0 Å². The Bertz CT molecular complexity index is 336. The average Bonchev–Trinajstić information content (AvgIpc) is 2.25. The molecule has 0 amide bonds. The molecule has 0 saturated carbocycles. The van der Waals surface area contributed by atoms with Gasteiger partial charge in [-0.3, -0.25) is 0 Å². The van der Waals surface area contributed by atoms with Crippen molar-refractivity contribution in [1.29, 1.82) is 0 Å². The molecule has 0 bridgehead atoms. The van der Waals surface area contributed by atoms with Crippen molar-refractivity contribution in [2.45, 2.75) is 19.2 Å². The maximum absolute atomic E-state index is 12.4. The molecule has 0 aromatic heterocycles. The van der Waals surface area contributed by atoms with Gasteiger partial charge in [0.25, 0.3) is 0 Å². The Morgan fingerprint density at radius 3 is 2.56 bits per heavy atom. The second-order valence-electron chi connectivity index (χ2n) is 3.38. The quantitative estimate of drug-likeness (QED) is 0.796. The molecular weight excluding hydrogens is 221 g/mol. The van der Waals surface area contributed by atoms with Crippen LogP contribution in [0.4, 0.5) is 13.2 Å². The first-order valence-corrected chi connectivity index (χ1v) is 4.76. The number of hydrogen-bond acceptors (Lipinski definition) is 2. The van der Waals surface area contributed by atoms with Crippen molar-refractivity contribution in [3.05, 3.63) is 29.8 Å². The van der Waals surface area contributed by atoms with Crippen LogP contribution in [-0.4, -0.2) is 19.8 Å². The third kappa shape index (κ3) is 3.73. The summed E-state index contributed by atoms with van der Waals surface area (Å²) in [6.45, 7) is 1.99. The maximum Gasteiger partial charge on any atom is 0.416 e. The summed E-state index contributed by atoms with van der Waals surface area (Å²) in [5, 5.41) is 0. The summed E-state index contributed by atoms with van der Waals surface area (Å²) in [6.07, 6.45) is -4.50. The molecule has 1 unspecified atom stereocenters. The van der Waals surface area contributed by atoms with Gasteiger partial charge < -0.3 is 9.47 Å². The Balaban J connectivity index is 2.68. The van der Waals surface area contributed by atoms with Gasteiger partial charge in [0.05, 0.1) is 11.7 Å². The lowest BCUT2D eigenvalue weighted by molar-refractivity contribution is -0.137. The minimum Gasteiger partial charge on any atom is -0.491 e. The van der Waals surface area contributed by atoms with Gasteiger partial charge in [0, 0.05) is 7.11 Å². The third-order valence-electron chi connectivity index (χ3n) is 2.05.